The number of aliphatic hydroxyl groups excluding tert-OH is 1. The Morgan fingerprint density at radius 1 is 1.45 bits per heavy atom. The molecule has 4 heteroatoms. The molecule has 1 aromatic rings. The van der Waals surface area contributed by atoms with Crippen molar-refractivity contribution in [3.05, 3.63) is 48.0 Å². The van der Waals surface area contributed by atoms with Crippen LogP contribution in [0.2, 0.25) is 0 Å². The standard InChI is InChI=1S/C16H22O4/c1-3-10-18-11-15-12-19-16(2,20-15)14-6-4-13(5-7-14)8-9-17/h3-7,15,17H,1,8-12H2,2H3. The predicted octanol–water partition coefficient (Wildman–Crippen LogP) is 2.01. The van der Waals surface area contributed by atoms with Crippen LogP contribution in [0.15, 0.2) is 36.9 Å². The fourth-order valence-electron chi connectivity index (χ4n) is 2.26. The first kappa shape index (κ1) is 15.2. The molecule has 1 aromatic carbocycles. The minimum absolute atomic E-state index is 0.0583. The molecule has 2 rings (SSSR count). The molecule has 110 valence electrons. The third kappa shape index (κ3) is 3.67. The maximum Gasteiger partial charge on any atom is 0.192 e. The first-order chi connectivity index (χ1) is 9.68. The van der Waals surface area contributed by atoms with E-state index in [0.717, 1.165) is 11.1 Å². The highest BCUT2D eigenvalue weighted by atomic mass is 16.7. The van der Waals surface area contributed by atoms with Crippen molar-refractivity contribution in [2.45, 2.75) is 25.2 Å². The van der Waals surface area contributed by atoms with Gasteiger partial charge in [0.2, 0.25) is 0 Å². The van der Waals surface area contributed by atoms with Crippen LogP contribution in [0.3, 0.4) is 0 Å². The van der Waals surface area contributed by atoms with Gasteiger partial charge in [-0.2, -0.15) is 0 Å². The zero-order valence-corrected chi connectivity index (χ0v) is 11.9. The minimum atomic E-state index is -0.722. The summed E-state index contributed by atoms with van der Waals surface area (Å²) in [5, 5.41) is 8.92. The molecule has 1 fully saturated rings. The lowest BCUT2D eigenvalue weighted by atomic mass is 10.0. The van der Waals surface area contributed by atoms with Crippen molar-refractivity contribution in [3.8, 4) is 0 Å². The number of ether oxygens (including phenoxy) is 3. The minimum Gasteiger partial charge on any atom is -0.396 e. The fourth-order valence-corrected chi connectivity index (χ4v) is 2.26. The summed E-state index contributed by atoms with van der Waals surface area (Å²) in [6.07, 6.45) is 2.32. The number of rotatable bonds is 7. The molecule has 1 heterocycles. The van der Waals surface area contributed by atoms with Crippen LogP contribution < -0.4 is 0 Å². The first-order valence-electron chi connectivity index (χ1n) is 6.88. The van der Waals surface area contributed by atoms with Gasteiger partial charge < -0.3 is 19.3 Å². The average molecular weight is 278 g/mol. The quantitative estimate of drug-likeness (QED) is 0.612. The van der Waals surface area contributed by atoms with E-state index < -0.39 is 5.79 Å². The Morgan fingerprint density at radius 3 is 2.85 bits per heavy atom. The third-order valence-corrected chi connectivity index (χ3v) is 3.35. The lowest BCUT2D eigenvalue weighted by Crippen LogP contribution is -2.25. The van der Waals surface area contributed by atoms with Crippen LogP contribution in [-0.4, -0.2) is 37.6 Å². The van der Waals surface area contributed by atoms with Crippen molar-refractivity contribution in [3.63, 3.8) is 0 Å². The summed E-state index contributed by atoms with van der Waals surface area (Å²) < 4.78 is 17.1. The van der Waals surface area contributed by atoms with Crippen molar-refractivity contribution in [2.75, 3.05) is 26.4 Å². The number of hydrogen-bond donors (Lipinski definition) is 1. The monoisotopic (exact) mass is 278 g/mol. The second kappa shape index (κ2) is 6.99. The Bertz CT molecular complexity index is 429. The summed E-state index contributed by atoms with van der Waals surface area (Å²) in [5.41, 5.74) is 2.08. The van der Waals surface area contributed by atoms with Gasteiger partial charge in [0.15, 0.2) is 5.79 Å². The summed E-state index contributed by atoms with van der Waals surface area (Å²) in [4.78, 5) is 0. The van der Waals surface area contributed by atoms with E-state index in [2.05, 4.69) is 6.58 Å². The first-order valence-corrected chi connectivity index (χ1v) is 6.88. The normalized spacial score (nSPS) is 25.8. The van der Waals surface area contributed by atoms with Crippen LogP contribution in [0.5, 0.6) is 0 Å². The maximum atomic E-state index is 8.92. The van der Waals surface area contributed by atoms with Gasteiger partial charge in [-0.3, -0.25) is 0 Å². The van der Waals surface area contributed by atoms with Crippen LogP contribution in [0.4, 0.5) is 0 Å². The number of hydrogen-bond acceptors (Lipinski definition) is 4. The largest absolute Gasteiger partial charge is 0.396 e. The highest BCUT2D eigenvalue weighted by Crippen LogP contribution is 2.34. The van der Waals surface area contributed by atoms with Crippen molar-refractivity contribution in [1.29, 1.82) is 0 Å². The van der Waals surface area contributed by atoms with Crippen molar-refractivity contribution in [2.24, 2.45) is 0 Å². The Hall–Kier alpha value is -1.20. The Labute approximate surface area is 120 Å². The molecule has 1 aliphatic heterocycles. The van der Waals surface area contributed by atoms with Crippen molar-refractivity contribution >= 4 is 0 Å². The molecule has 0 aliphatic carbocycles. The second-order valence-corrected chi connectivity index (χ2v) is 4.99. The summed E-state index contributed by atoms with van der Waals surface area (Å²) in [6, 6.07) is 7.95. The van der Waals surface area contributed by atoms with Gasteiger partial charge in [0.05, 0.1) is 19.8 Å². The molecule has 1 saturated heterocycles. The van der Waals surface area contributed by atoms with E-state index in [9.17, 15) is 0 Å². The van der Waals surface area contributed by atoms with Crippen LogP contribution in [0.25, 0.3) is 0 Å². The van der Waals surface area contributed by atoms with E-state index in [4.69, 9.17) is 19.3 Å². The number of benzene rings is 1. The predicted molar refractivity (Wildman–Crippen MR) is 76.4 cm³/mol. The molecule has 1 N–H and O–H groups in total. The summed E-state index contributed by atoms with van der Waals surface area (Å²) in [7, 11) is 0. The number of aliphatic hydroxyl groups is 1. The van der Waals surface area contributed by atoms with Crippen LogP contribution in [0, 0.1) is 0 Å². The molecule has 1 aliphatic rings. The highest BCUT2D eigenvalue weighted by molar-refractivity contribution is 5.26. The molecule has 20 heavy (non-hydrogen) atoms. The molecule has 2 unspecified atom stereocenters. The SMILES string of the molecule is C=CCOCC1COC(C)(c2ccc(CCO)cc2)O1. The molecule has 0 radical (unpaired) electrons. The molecular weight excluding hydrogens is 256 g/mol. The van der Waals surface area contributed by atoms with Crippen molar-refractivity contribution < 1.29 is 19.3 Å². The van der Waals surface area contributed by atoms with Crippen LogP contribution in [-0.2, 0) is 26.4 Å². The van der Waals surface area contributed by atoms with E-state index in [1.807, 2.05) is 31.2 Å². The average Bonchev–Trinajstić information content (AvgIpc) is 2.83. The van der Waals surface area contributed by atoms with E-state index >= 15 is 0 Å². The summed E-state index contributed by atoms with van der Waals surface area (Å²) in [5.74, 6) is -0.722. The van der Waals surface area contributed by atoms with Gasteiger partial charge in [-0.15, -0.1) is 6.58 Å². The Balaban J connectivity index is 1.95. The lowest BCUT2D eigenvalue weighted by Gasteiger charge is -2.24. The zero-order chi connectivity index (χ0) is 14.4. The smallest absolute Gasteiger partial charge is 0.192 e. The summed E-state index contributed by atoms with van der Waals surface area (Å²) in [6.45, 7) is 7.23. The third-order valence-electron chi connectivity index (χ3n) is 3.35. The van der Waals surface area contributed by atoms with E-state index in [1.165, 1.54) is 0 Å². The van der Waals surface area contributed by atoms with Gasteiger partial charge >= 0.3 is 0 Å². The van der Waals surface area contributed by atoms with E-state index in [0.29, 0.717) is 26.2 Å². The van der Waals surface area contributed by atoms with Gasteiger partial charge in [-0.25, -0.2) is 0 Å². The van der Waals surface area contributed by atoms with Gasteiger partial charge in [-0.1, -0.05) is 30.3 Å². The molecular formula is C16H22O4. The maximum absolute atomic E-state index is 8.92. The fraction of sp³-hybridized carbons (Fsp3) is 0.500. The highest BCUT2D eigenvalue weighted by Gasteiger charge is 2.38. The topological polar surface area (TPSA) is 47.9 Å². The van der Waals surface area contributed by atoms with Crippen molar-refractivity contribution in [1.82, 2.24) is 0 Å². The molecule has 0 spiro atoms. The van der Waals surface area contributed by atoms with E-state index in [-0.39, 0.29) is 12.7 Å². The molecule has 0 saturated carbocycles. The summed E-state index contributed by atoms with van der Waals surface area (Å²) >= 11 is 0. The van der Waals surface area contributed by atoms with Crippen LogP contribution in [0.1, 0.15) is 18.1 Å². The van der Waals surface area contributed by atoms with Gasteiger partial charge in [0.1, 0.15) is 6.10 Å². The molecule has 2 atom stereocenters. The molecule has 0 amide bonds. The lowest BCUT2D eigenvalue weighted by molar-refractivity contribution is -0.167. The van der Waals surface area contributed by atoms with Gasteiger partial charge in [0.25, 0.3) is 0 Å². The van der Waals surface area contributed by atoms with Gasteiger partial charge in [-0.05, 0) is 18.9 Å². The molecule has 0 aromatic heterocycles. The zero-order valence-electron chi connectivity index (χ0n) is 11.9. The second-order valence-electron chi connectivity index (χ2n) is 4.99. The van der Waals surface area contributed by atoms with E-state index in [1.54, 1.807) is 6.08 Å². The Kier molecular flexibility index (Phi) is 5.31. The van der Waals surface area contributed by atoms with Gasteiger partial charge in [0, 0.05) is 12.2 Å². The van der Waals surface area contributed by atoms with Crippen LogP contribution >= 0.6 is 0 Å². The molecule has 4 nitrogen and oxygen atoms in total. The molecule has 0 bridgehead atoms. The Morgan fingerprint density at radius 2 is 2.20 bits per heavy atom.